The first kappa shape index (κ1) is 13.9. The second-order valence-electron chi connectivity index (χ2n) is 6.50. The molecule has 0 aromatic carbocycles. The van der Waals surface area contributed by atoms with Crippen molar-refractivity contribution in [3.05, 3.63) is 0 Å². The van der Waals surface area contributed by atoms with Crippen molar-refractivity contribution in [1.29, 1.82) is 0 Å². The fraction of sp³-hybridized carbons (Fsp3) is 0.933. The second kappa shape index (κ2) is 6.05. The van der Waals surface area contributed by atoms with Crippen LogP contribution >= 0.6 is 0 Å². The maximum Gasteiger partial charge on any atom is 0.240 e. The summed E-state index contributed by atoms with van der Waals surface area (Å²) in [4.78, 5) is 12.4. The van der Waals surface area contributed by atoms with Gasteiger partial charge in [0.1, 0.15) is 0 Å². The summed E-state index contributed by atoms with van der Waals surface area (Å²) in [6.45, 7) is 5.36. The van der Waals surface area contributed by atoms with Crippen LogP contribution in [0.15, 0.2) is 0 Å². The third-order valence-electron chi connectivity index (χ3n) is 4.71. The van der Waals surface area contributed by atoms with Crippen LogP contribution in [0.2, 0.25) is 0 Å². The highest BCUT2D eigenvalue weighted by molar-refractivity contribution is 5.86. The third-order valence-corrected chi connectivity index (χ3v) is 4.71. The number of rotatable bonds is 2. The number of piperidine rings is 1. The van der Waals surface area contributed by atoms with Gasteiger partial charge in [0, 0.05) is 6.04 Å². The van der Waals surface area contributed by atoms with Crippen LogP contribution < -0.4 is 10.6 Å². The summed E-state index contributed by atoms with van der Waals surface area (Å²) >= 11 is 0. The Morgan fingerprint density at radius 3 is 2.72 bits per heavy atom. The smallest absolute Gasteiger partial charge is 0.240 e. The normalized spacial score (nSPS) is 37.9. The fourth-order valence-corrected chi connectivity index (χ4v) is 3.23. The highest BCUT2D eigenvalue weighted by Crippen LogP contribution is 2.24. The molecular weight excluding hydrogens is 224 g/mol. The molecule has 0 bridgehead atoms. The lowest BCUT2D eigenvalue weighted by atomic mass is 9.89. The molecule has 0 radical (unpaired) electrons. The van der Waals surface area contributed by atoms with E-state index in [9.17, 15) is 4.79 Å². The highest BCUT2D eigenvalue weighted by atomic mass is 16.2. The van der Waals surface area contributed by atoms with Gasteiger partial charge in [0.2, 0.25) is 5.91 Å². The lowest BCUT2D eigenvalue weighted by Gasteiger charge is -2.35. The van der Waals surface area contributed by atoms with Gasteiger partial charge in [-0.3, -0.25) is 4.79 Å². The van der Waals surface area contributed by atoms with Crippen LogP contribution in [-0.4, -0.2) is 24.0 Å². The van der Waals surface area contributed by atoms with E-state index in [2.05, 4.69) is 24.5 Å². The molecular formula is C15H28N2O. The Kier molecular flexibility index (Phi) is 4.66. The molecule has 3 unspecified atom stereocenters. The molecule has 0 aromatic heterocycles. The number of nitrogens with one attached hydrogen (secondary N) is 2. The van der Waals surface area contributed by atoms with Crippen LogP contribution in [0, 0.1) is 5.92 Å². The van der Waals surface area contributed by atoms with Crippen LogP contribution in [-0.2, 0) is 4.79 Å². The summed E-state index contributed by atoms with van der Waals surface area (Å²) in [6.07, 6.45) is 9.49. The lowest BCUT2D eigenvalue weighted by Crippen LogP contribution is -2.58. The third kappa shape index (κ3) is 3.47. The van der Waals surface area contributed by atoms with Crippen molar-refractivity contribution in [3.63, 3.8) is 0 Å². The topological polar surface area (TPSA) is 41.1 Å². The molecule has 3 nitrogen and oxygen atoms in total. The Balaban J connectivity index is 1.86. The highest BCUT2D eigenvalue weighted by Gasteiger charge is 2.35. The maximum absolute atomic E-state index is 12.4. The van der Waals surface area contributed by atoms with E-state index >= 15 is 0 Å². The first-order valence-corrected chi connectivity index (χ1v) is 7.66. The average molecular weight is 252 g/mol. The van der Waals surface area contributed by atoms with Crippen molar-refractivity contribution < 1.29 is 4.79 Å². The first-order chi connectivity index (χ1) is 8.60. The van der Waals surface area contributed by atoms with Gasteiger partial charge in [-0.25, -0.2) is 0 Å². The van der Waals surface area contributed by atoms with Crippen LogP contribution in [0.1, 0.15) is 65.2 Å². The van der Waals surface area contributed by atoms with Crippen molar-refractivity contribution >= 4 is 5.91 Å². The SMILES string of the molecule is CC1CCCC(NC(=O)C2(C)CCCCN2)CC1. The molecule has 1 saturated heterocycles. The van der Waals surface area contributed by atoms with Gasteiger partial charge in [-0.15, -0.1) is 0 Å². The van der Waals surface area contributed by atoms with Crippen molar-refractivity contribution in [2.24, 2.45) is 5.92 Å². The Hall–Kier alpha value is -0.570. The number of carbonyl (C=O) groups excluding carboxylic acids is 1. The van der Waals surface area contributed by atoms with Gasteiger partial charge in [-0.1, -0.05) is 19.8 Å². The van der Waals surface area contributed by atoms with E-state index in [4.69, 9.17) is 0 Å². The predicted octanol–water partition coefficient (Wildman–Crippen LogP) is 2.60. The molecule has 1 amide bonds. The van der Waals surface area contributed by atoms with Crippen LogP contribution in [0.3, 0.4) is 0 Å². The maximum atomic E-state index is 12.4. The van der Waals surface area contributed by atoms with Crippen molar-refractivity contribution in [1.82, 2.24) is 10.6 Å². The van der Waals surface area contributed by atoms with Crippen LogP contribution in [0.4, 0.5) is 0 Å². The minimum absolute atomic E-state index is 0.224. The summed E-state index contributed by atoms with van der Waals surface area (Å²) < 4.78 is 0. The van der Waals surface area contributed by atoms with Crippen molar-refractivity contribution in [2.45, 2.75) is 76.8 Å². The molecule has 0 aromatic rings. The van der Waals surface area contributed by atoms with Crippen LogP contribution in [0.25, 0.3) is 0 Å². The molecule has 1 heterocycles. The monoisotopic (exact) mass is 252 g/mol. The number of hydrogen-bond donors (Lipinski definition) is 2. The first-order valence-electron chi connectivity index (χ1n) is 7.66. The zero-order valence-electron chi connectivity index (χ0n) is 11.9. The molecule has 1 saturated carbocycles. The van der Waals surface area contributed by atoms with E-state index in [-0.39, 0.29) is 11.4 Å². The van der Waals surface area contributed by atoms with Gasteiger partial charge in [-0.2, -0.15) is 0 Å². The summed E-state index contributed by atoms with van der Waals surface area (Å²) in [5.41, 5.74) is -0.323. The molecule has 2 rings (SSSR count). The summed E-state index contributed by atoms with van der Waals surface area (Å²) in [5.74, 6) is 1.05. The number of amides is 1. The van der Waals surface area contributed by atoms with Gasteiger partial charge in [0.25, 0.3) is 0 Å². The Morgan fingerprint density at radius 2 is 2.00 bits per heavy atom. The standard InChI is InChI=1S/C15H28N2O/c1-12-6-5-7-13(9-8-12)17-14(18)15(2)10-3-4-11-16-15/h12-13,16H,3-11H2,1-2H3,(H,17,18). The van der Waals surface area contributed by atoms with E-state index in [0.29, 0.717) is 6.04 Å². The van der Waals surface area contributed by atoms with Crippen LogP contribution in [0.5, 0.6) is 0 Å². The van der Waals surface area contributed by atoms with Gasteiger partial charge in [-0.05, 0) is 57.9 Å². The van der Waals surface area contributed by atoms with E-state index in [1.807, 2.05) is 0 Å². The van der Waals surface area contributed by atoms with Gasteiger partial charge < -0.3 is 10.6 Å². The lowest BCUT2D eigenvalue weighted by molar-refractivity contribution is -0.128. The van der Waals surface area contributed by atoms with Gasteiger partial charge >= 0.3 is 0 Å². The van der Waals surface area contributed by atoms with Crippen molar-refractivity contribution in [3.8, 4) is 0 Å². The molecule has 18 heavy (non-hydrogen) atoms. The summed E-state index contributed by atoms with van der Waals surface area (Å²) in [5, 5.41) is 6.69. The largest absolute Gasteiger partial charge is 0.352 e. The molecule has 104 valence electrons. The average Bonchev–Trinajstić information content (AvgIpc) is 2.55. The molecule has 1 aliphatic carbocycles. The minimum Gasteiger partial charge on any atom is -0.352 e. The van der Waals surface area contributed by atoms with Gasteiger partial charge in [0.15, 0.2) is 0 Å². The molecule has 1 aliphatic heterocycles. The molecule has 2 fully saturated rings. The second-order valence-corrected chi connectivity index (χ2v) is 6.50. The number of hydrogen-bond acceptors (Lipinski definition) is 2. The van der Waals surface area contributed by atoms with Crippen molar-refractivity contribution in [2.75, 3.05) is 6.54 Å². The number of carbonyl (C=O) groups is 1. The molecule has 3 atom stereocenters. The zero-order valence-corrected chi connectivity index (χ0v) is 11.9. The Labute approximate surface area is 111 Å². The molecule has 3 heteroatoms. The van der Waals surface area contributed by atoms with E-state index in [0.717, 1.165) is 31.7 Å². The predicted molar refractivity (Wildman–Crippen MR) is 74.4 cm³/mol. The Morgan fingerprint density at radius 1 is 1.17 bits per heavy atom. The summed E-state index contributed by atoms with van der Waals surface area (Å²) in [7, 11) is 0. The fourth-order valence-electron chi connectivity index (χ4n) is 3.23. The Bertz CT molecular complexity index is 284. The van der Waals surface area contributed by atoms with E-state index in [1.165, 1.54) is 32.1 Å². The zero-order chi connectivity index (χ0) is 13.0. The molecule has 2 N–H and O–H groups in total. The molecule has 0 spiro atoms. The quantitative estimate of drug-likeness (QED) is 0.742. The molecule has 2 aliphatic rings. The summed E-state index contributed by atoms with van der Waals surface area (Å²) in [6, 6.07) is 0.406. The van der Waals surface area contributed by atoms with E-state index in [1.54, 1.807) is 0 Å². The van der Waals surface area contributed by atoms with Gasteiger partial charge in [0.05, 0.1) is 5.54 Å². The minimum atomic E-state index is -0.323. The van der Waals surface area contributed by atoms with E-state index < -0.39 is 0 Å².